The first-order chi connectivity index (χ1) is 13.3. The van der Waals surface area contributed by atoms with Crippen molar-refractivity contribution in [3.63, 3.8) is 0 Å². The van der Waals surface area contributed by atoms with Crippen LogP contribution >= 0.6 is 11.3 Å². The van der Waals surface area contributed by atoms with E-state index in [4.69, 9.17) is 13.9 Å². The lowest BCUT2D eigenvalue weighted by atomic mass is 10.2. The molecule has 0 bridgehead atoms. The molecular weight excluding hydrogens is 364 g/mol. The maximum absolute atomic E-state index is 6.04. The summed E-state index contributed by atoms with van der Waals surface area (Å²) in [6, 6.07) is 17.4. The lowest BCUT2D eigenvalue weighted by molar-refractivity contribution is 0.0836. The average Bonchev–Trinajstić information content (AvgIpc) is 3.40. The van der Waals surface area contributed by atoms with Gasteiger partial charge in [0, 0.05) is 5.39 Å². The van der Waals surface area contributed by atoms with Crippen LogP contribution < -0.4 is 9.47 Å². The fourth-order valence-corrected chi connectivity index (χ4v) is 3.97. The minimum Gasteiger partial charge on any atom is -0.485 e. The molecule has 0 radical (unpaired) electrons. The highest BCUT2D eigenvalue weighted by atomic mass is 32.1. The van der Waals surface area contributed by atoms with Gasteiger partial charge in [-0.1, -0.05) is 41.7 Å². The molecule has 0 saturated carbocycles. The molecule has 0 amide bonds. The number of hydrogen-bond donors (Lipinski definition) is 0. The summed E-state index contributed by atoms with van der Waals surface area (Å²) in [7, 11) is 0. The third-order valence-corrected chi connectivity index (χ3v) is 5.36. The van der Waals surface area contributed by atoms with E-state index >= 15 is 0 Å². The van der Waals surface area contributed by atoms with Crippen molar-refractivity contribution in [2.24, 2.45) is 0 Å². The maximum Gasteiger partial charge on any atom is 0.235 e. The van der Waals surface area contributed by atoms with Crippen LogP contribution in [0, 0.1) is 0 Å². The molecule has 0 saturated heterocycles. The first-order valence-electron chi connectivity index (χ1n) is 8.45. The van der Waals surface area contributed by atoms with Crippen molar-refractivity contribution in [1.29, 1.82) is 0 Å². The second kappa shape index (κ2) is 5.55. The highest BCUT2D eigenvalue weighted by Gasteiger charge is 2.28. The number of ether oxygens (including phenoxy) is 2. The third-order valence-electron chi connectivity index (χ3n) is 4.45. The van der Waals surface area contributed by atoms with Crippen LogP contribution in [0.1, 0.15) is 11.9 Å². The summed E-state index contributed by atoms with van der Waals surface area (Å²) in [6.07, 6.45) is -0.375. The highest BCUT2D eigenvalue weighted by molar-refractivity contribution is 7.19. The molecule has 0 fully saturated rings. The molecule has 0 aliphatic carbocycles. The first-order valence-corrected chi connectivity index (χ1v) is 9.26. The predicted octanol–water partition coefficient (Wildman–Crippen LogP) is 4.11. The Morgan fingerprint density at radius 2 is 1.85 bits per heavy atom. The molecule has 0 spiro atoms. The van der Waals surface area contributed by atoms with Crippen molar-refractivity contribution in [3.8, 4) is 22.3 Å². The number of fused-ring (bicyclic) bond motifs is 3. The molecule has 6 rings (SSSR count). The second-order valence-electron chi connectivity index (χ2n) is 6.17. The van der Waals surface area contributed by atoms with Gasteiger partial charge < -0.3 is 13.9 Å². The van der Waals surface area contributed by atoms with Gasteiger partial charge in [0.25, 0.3) is 0 Å². The van der Waals surface area contributed by atoms with Gasteiger partial charge in [-0.05, 0) is 24.3 Å². The number of benzene rings is 2. The fourth-order valence-electron chi connectivity index (χ4n) is 3.17. The molecule has 4 heterocycles. The minimum absolute atomic E-state index is 0.356. The van der Waals surface area contributed by atoms with E-state index in [1.54, 1.807) is 4.52 Å². The number of nitrogens with zero attached hydrogens (tertiary/aromatic N) is 4. The third kappa shape index (κ3) is 2.30. The summed E-state index contributed by atoms with van der Waals surface area (Å²) in [5, 5.41) is 14.9. The SMILES string of the molecule is c1ccc2c(c1)OCC(c1nnc3sc(-c4cc5ccccc5o4)nn13)O2. The molecule has 0 N–H and O–H groups in total. The van der Waals surface area contributed by atoms with E-state index in [2.05, 4.69) is 15.3 Å². The summed E-state index contributed by atoms with van der Waals surface area (Å²) in [5.74, 6) is 2.75. The first kappa shape index (κ1) is 14.7. The molecule has 132 valence electrons. The molecule has 1 aliphatic rings. The van der Waals surface area contributed by atoms with Crippen LogP contribution in [-0.4, -0.2) is 26.4 Å². The van der Waals surface area contributed by atoms with E-state index in [0.717, 1.165) is 21.7 Å². The molecule has 5 aromatic rings. The number of furan rings is 1. The Balaban J connectivity index is 1.40. The Bertz CT molecular complexity index is 1260. The number of rotatable bonds is 2. The Morgan fingerprint density at radius 1 is 1.00 bits per heavy atom. The Morgan fingerprint density at radius 3 is 2.78 bits per heavy atom. The summed E-state index contributed by atoms with van der Waals surface area (Å²) < 4.78 is 19.5. The Kier molecular flexibility index (Phi) is 3.03. The minimum atomic E-state index is -0.375. The molecule has 1 atom stereocenters. The predicted molar refractivity (Wildman–Crippen MR) is 99.2 cm³/mol. The van der Waals surface area contributed by atoms with Crippen molar-refractivity contribution in [3.05, 3.63) is 60.4 Å². The highest BCUT2D eigenvalue weighted by Crippen LogP contribution is 2.36. The van der Waals surface area contributed by atoms with Gasteiger partial charge in [0.2, 0.25) is 4.96 Å². The van der Waals surface area contributed by atoms with Crippen LogP contribution in [-0.2, 0) is 0 Å². The number of para-hydroxylation sites is 3. The fraction of sp³-hybridized carbons (Fsp3) is 0.105. The van der Waals surface area contributed by atoms with Crippen molar-refractivity contribution in [1.82, 2.24) is 19.8 Å². The summed E-state index contributed by atoms with van der Waals surface area (Å²) in [4.78, 5) is 0.683. The molecule has 7 nitrogen and oxygen atoms in total. The van der Waals surface area contributed by atoms with E-state index in [9.17, 15) is 0 Å². The van der Waals surface area contributed by atoms with Crippen molar-refractivity contribution >= 4 is 27.3 Å². The van der Waals surface area contributed by atoms with Crippen molar-refractivity contribution in [2.45, 2.75) is 6.10 Å². The van der Waals surface area contributed by atoms with Gasteiger partial charge in [-0.3, -0.25) is 0 Å². The summed E-state index contributed by atoms with van der Waals surface area (Å²) >= 11 is 1.42. The number of aromatic nitrogens is 4. The van der Waals surface area contributed by atoms with Crippen LogP contribution in [0.15, 0.2) is 59.0 Å². The van der Waals surface area contributed by atoms with Gasteiger partial charge in [-0.25, -0.2) is 0 Å². The van der Waals surface area contributed by atoms with E-state index in [1.165, 1.54) is 11.3 Å². The zero-order valence-corrected chi connectivity index (χ0v) is 14.7. The van der Waals surface area contributed by atoms with E-state index in [1.807, 2.05) is 54.6 Å². The molecule has 1 aliphatic heterocycles. The quantitative estimate of drug-likeness (QED) is 0.462. The van der Waals surface area contributed by atoms with Crippen molar-refractivity contribution < 1.29 is 13.9 Å². The van der Waals surface area contributed by atoms with Gasteiger partial charge in [0.1, 0.15) is 12.2 Å². The van der Waals surface area contributed by atoms with E-state index < -0.39 is 0 Å². The van der Waals surface area contributed by atoms with Gasteiger partial charge in [-0.15, -0.1) is 15.3 Å². The van der Waals surface area contributed by atoms with Crippen molar-refractivity contribution in [2.75, 3.05) is 6.61 Å². The normalized spacial score (nSPS) is 16.2. The monoisotopic (exact) mass is 376 g/mol. The smallest absolute Gasteiger partial charge is 0.235 e. The van der Waals surface area contributed by atoms with Crippen LogP contribution in [0.5, 0.6) is 11.5 Å². The van der Waals surface area contributed by atoms with Crippen LogP contribution in [0.4, 0.5) is 0 Å². The summed E-state index contributed by atoms with van der Waals surface area (Å²) in [6.45, 7) is 0.356. The molecule has 27 heavy (non-hydrogen) atoms. The average molecular weight is 376 g/mol. The molecule has 2 aromatic carbocycles. The molecule has 8 heteroatoms. The molecule has 1 unspecified atom stereocenters. The maximum atomic E-state index is 6.04. The standard InChI is InChI=1S/C19H12N4O3S/c1-2-6-12-11(5-1)9-15(25-12)18-22-23-17(20-21-19(23)27-18)16-10-24-13-7-3-4-8-14(13)26-16/h1-9,16H,10H2. The zero-order chi connectivity index (χ0) is 17.8. The molecule has 3 aromatic heterocycles. The summed E-state index contributed by atoms with van der Waals surface area (Å²) in [5.41, 5.74) is 0.833. The lowest BCUT2D eigenvalue weighted by Gasteiger charge is -2.24. The zero-order valence-electron chi connectivity index (χ0n) is 13.9. The van der Waals surface area contributed by atoms with Crippen LogP contribution in [0.2, 0.25) is 0 Å². The second-order valence-corrected chi connectivity index (χ2v) is 7.13. The van der Waals surface area contributed by atoms with Gasteiger partial charge in [-0.2, -0.15) is 4.52 Å². The van der Waals surface area contributed by atoms with Gasteiger partial charge in [0.15, 0.2) is 34.2 Å². The number of hydrogen-bond acceptors (Lipinski definition) is 7. The Hall–Kier alpha value is -3.39. The topological polar surface area (TPSA) is 74.7 Å². The van der Waals surface area contributed by atoms with Gasteiger partial charge in [0.05, 0.1) is 0 Å². The Labute approximate surface area is 156 Å². The lowest BCUT2D eigenvalue weighted by Crippen LogP contribution is -2.23. The van der Waals surface area contributed by atoms with Crippen LogP contribution in [0.3, 0.4) is 0 Å². The van der Waals surface area contributed by atoms with Gasteiger partial charge >= 0.3 is 0 Å². The van der Waals surface area contributed by atoms with E-state index in [0.29, 0.717) is 28.9 Å². The van der Waals surface area contributed by atoms with E-state index in [-0.39, 0.29) is 6.10 Å². The molecular formula is C19H12N4O3S. The van der Waals surface area contributed by atoms with Crippen LogP contribution in [0.25, 0.3) is 26.7 Å². The largest absolute Gasteiger partial charge is 0.485 e.